The van der Waals surface area contributed by atoms with Gasteiger partial charge in [0.25, 0.3) is 11.5 Å². The molecule has 1 N–H and O–H groups in total. The van der Waals surface area contributed by atoms with Gasteiger partial charge in [0.1, 0.15) is 27.5 Å². The topological polar surface area (TPSA) is 87.4 Å². The van der Waals surface area contributed by atoms with E-state index in [0.717, 1.165) is 16.9 Å². The van der Waals surface area contributed by atoms with Gasteiger partial charge in [0.05, 0.1) is 18.1 Å². The van der Waals surface area contributed by atoms with Crippen molar-refractivity contribution in [3.63, 3.8) is 0 Å². The summed E-state index contributed by atoms with van der Waals surface area (Å²) in [4.78, 5) is 28.4. The monoisotopic (exact) mass is 530 g/mol. The van der Waals surface area contributed by atoms with Gasteiger partial charge in [0, 0.05) is 19.2 Å². The number of anilines is 1. The van der Waals surface area contributed by atoms with E-state index in [1.54, 1.807) is 32.1 Å². The summed E-state index contributed by atoms with van der Waals surface area (Å²) in [6.07, 6.45) is 1.73. The molecule has 0 bridgehead atoms. The molecule has 0 aliphatic carbocycles. The van der Waals surface area contributed by atoms with Crippen molar-refractivity contribution in [3.8, 4) is 11.8 Å². The van der Waals surface area contributed by atoms with Crippen molar-refractivity contribution in [2.45, 2.75) is 26.4 Å². The number of aromatic nitrogens is 1. The number of nitrogens with one attached hydrogen (secondary N) is 1. The SMILES string of the molecule is COc1ccc(CNc2c(/C=C3/SC(=S)N(C(C)c4ccccc4)C3=O)c(C)c(C#N)c(=O)n2C)cc1. The molecule has 9 heteroatoms. The van der Waals surface area contributed by atoms with Gasteiger partial charge in [0.2, 0.25) is 0 Å². The van der Waals surface area contributed by atoms with E-state index in [1.165, 1.54) is 16.3 Å². The number of rotatable bonds is 7. The molecular weight excluding hydrogens is 504 g/mol. The molecule has 1 amide bonds. The average molecular weight is 531 g/mol. The third-order valence-corrected chi connectivity index (χ3v) is 7.72. The lowest BCUT2D eigenvalue weighted by Gasteiger charge is -2.23. The number of amides is 1. The van der Waals surface area contributed by atoms with E-state index in [0.29, 0.717) is 32.7 Å². The normalized spacial score (nSPS) is 15.1. The first-order chi connectivity index (χ1) is 17.8. The molecule has 1 unspecified atom stereocenters. The largest absolute Gasteiger partial charge is 0.497 e. The van der Waals surface area contributed by atoms with Gasteiger partial charge < -0.3 is 10.1 Å². The molecule has 7 nitrogen and oxygen atoms in total. The Hall–Kier alpha value is -3.87. The van der Waals surface area contributed by atoms with Crippen LogP contribution in [0.25, 0.3) is 6.08 Å². The van der Waals surface area contributed by atoms with Gasteiger partial charge in [0.15, 0.2) is 0 Å². The highest BCUT2D eigenvalue weighted by Gasteiger charge is 2.36. The highest BCUT2D eigenvalue weighted by atomic mass is 32.2. The van der Waals surface area contributed by atoms with E-state index < -0.39 is 5.56 Å². The lowest BCUT2D eigenvalue weighted by molar-refractivity contribution is -0.123. The van der Waals surface area contributed by atoms with E-state index in [1.807, 2.05) is 67.6 Å². The van der Waals surface area contributed by atoms with Crippen molar-refractivity contribution in [1.29, 1.82) is 5.26 Å². The van der Waals surface area contributed by atoms with Crippen LogP contribution < -0.4 is 15.6 Å². The maximum absolute atomic E-state index is 13.5. The summed E-state index contributed by atoms with van der Waals surface area (Å²) in [5.74, 6) is 1.05. The summed E-state index contributed by atoms with van der Waals surface area (Å²) >= 11 is 6.79. The van der Waals surface area contributed by atoms with Crippen molar-refractivity contribution < 1.29 is 9.53 Å². The second-order valence-corrected chi connectivity index (χ2v) is 10.3. The molecule has 2 aromatic carbocycles. The van der Waals surface area contributed by atoms with Gasteiger partial charge >= 0.3 is 0 Å². The molecule has 0 radical (unpaired) electrons. The standard InChI is InChI=1S/C28H26N4O3S2/c1-17-22(14-24-27(34)32(28(36)37-24)18(2)20-8-6-5-7-9-20)25(31(3)26(33)23(17)15-29)30-16-19-10-12-21(35-4)13-11-19/h5-14,18,30H,16H2,1-4H3/b24-14+. The Morgan fingerprint density at radius 3 is 2.46 bits per heavy atom. The molecule has 1 fully saturated rings. The molecule has 1 aliphatic rings. The Morgan fingerprint density at radius 1 is 1.16 bits per heavy atom. The number of carbonyl (C=O) groups is 1. The van der Waals surface area contributed by atoms with Crippen LogP contribution >= 0.6 is 24.0 Å². The second-order valence-electron chi connectivity index (χ2n) is 8.58. The molecule has 0 spiro atoms. The molecule has 4 rings (SSSR count). The number of pyridine rings is 1. The number of ether oxygens (including phenoxy) is 1. The Labute approximate surface area is 225 Å². The van der Waals surface area contributed by atoms with Crippen molar-refractivity contribution in [1.82, 2.24) is 9.47 Å². The fraction of sp³-hybridized carbons (Fsp3) is 0.214. The highest BCUT2D eigenvalue weighted by molar-refractivity contribution is 8.26. The maximum Gasteiger partial charge on any atom is 0.270 e. The molecular formula is C28H26N4O3S2. The molecule has 1 aromatic heterocycles. The van der Waals surface area contributed by atoms with Crippen LogP contribution in [0, 0.1) is 18.3 Å². The zero-order chi connectivity index (χ0) is 26.7. The Bertz CT molecular complexity index is 1490. The number of nitriles is 1. The first kappa shape index (κ1) is 26.2. The van der Waals surface area contributed by atoms with Gasteiger partial charge in [-0.3, -0.25) is 19.1 Å². The van der Waals surface area contributed by atoms with E-state index >= 15 is 0 Å². The van der Waals surface area contributed by atoms with E-state index in [-0.39, 0.29) is 17.5 Å². The van der Waals surface area contributed by atoms with Crippen molar-refractivity contribution in [3.05, 3.63) is 97.7 Å². The molecule has 188 valence electrons. The van der Waals surface area contributed by atoms with Crippen LogP contribution in [-0.4, -0.2) is 26.8 Å². The third kappa shape index (κ3) is 5.17. The molecule has 3 aromatic rings. The molecule has 1 aliphatic heterocycles. The van der Waals surface area contributed by atoms with E-state index in [2.05, 4.69) is 5.32 Å². The summed E-state index contributed by atoms with van der Waals surface area (Å²) < 4.78 is 7.09. The number of methoxy groups -OCH3 is 1. The lowest BCUT2D eigenvalue weighted by Crippen LogP contribution is -2.31. The minimum absolute atomic E-state index is 0.0388. The van der Waals surface area contributed by atoms with Gasteiger partial charge in [-0.1, -0.05) is 66.4 Å². The smallest absolute Gasteiger partial charge is 0.270 e. The van der Waals surface area contributed by atoms with E-state index in [9.17, 15) is 14.9 Å². The first-order valence-corrected chi connectivity index (χ1v) is 12.8. The lowest BCUT2D eigenvalue weighted by atomic mass is 10.0. The zero-order valence-electron chi connectivity index (χ0n) is 20.9. The molecule has 37 heavy (non-hydrogen) atoms. The summed E-state index contributed by atoms with van der Waals surface area (Å²) in [6.45, 7) is 4.09. The number of carbonyl (C=O) groups excluding carboxylic acids is 1. The summed E-state index contributed by atoms with van der Waals surface area (Å²) in [6, 6.07) is 19.1. The number of thioether (sulfide) groups is 1. The number of benzene rings is 2. The van der Waals surface area contributed by atoms with Gasteiger partial charge in [-0.25, -0.2) is 0 Å². The predicted octanol–water partition coefficient (Wildman–Crippen LogP) is 5.15. The minimum Gasteiger partial charge on any atom is -0.497 e. The Kier molecular flexibility index (Phi) is 7.81. The summed E-state index contributed by atoms with van der Waals surface area (Å²) in [5, 5.41) is 13.0. The van der Waals surface area contributed by atoms with Crippen LogP contribution in [0.4, 0.5) is 5.82 Å². The van der Waals surface area contributed by atoms with Gasteiger partial charge in [-0.15, -0.1) is 0 Å². The van der Waals surface area contributed by atoms with E-state index in [4.69, 9.17) is 17.0 Å². The van der Waals surface area contributed by atoms with Gasteiger partial charge in [-0.2, -0.15) is 5.26 Å². The molecule has 2 heterocycles. The van der Waals surface area contributed by atoms with Crippen LogP contribution in [0.5, 0.6) is 5.75 Å². The van der Waals surface area contributed by atoms with Crippen LogP contribution in [0.3, 0.4) is 0 Å². The van der Waals surface area contributed by atoms with Crippen LogP contribution in [0.15, 0.2) is 64.3 Å². The van der Waals surface area contributed by atoms with Crippen LogP contribution in [0.2, 0.25) is 0 Å². The Morgan fingerprint density at radius 2 is 1.84 bits per heavy atom. The van der Waals surface area contributed by atoms with Crippen molar-refractivity contribution in [2.75, 3.05) is 12.4 Å². The minimum atomic E-state index is -0.403. The molecule has 0 saturated carbocycles. The first-order valence-electron chi connectivity index (χ1n) is 11.6. The quantitative estimate of drug-likeness (QED) is 0.334. The maximum atomic E-state index is 13.5. The van der Waals surface area contributed by atoms with Crippen LogP contribution in [0.1, 0.15) is 40.8 Å². The molecule has 1 atom stereocenters. The Balaban J connectivity index is 1.73. The predicted molar refractivity (Wildman–Crippen MR) is 151 cm³/mol. The number of nitrogens with zero attached hydrogens (tertiary/aromatic N) is 3. The average Bonchev–Trinajstić information content (AvgIpc) is 3.19. The number of thiocarbonyl (C=S) groups is 1. The fourth-order valence-electron chi connectivity index (χ4n) is 4.20. The fourth-order valence-corrected chi connectivity index (χ4v) is 5.60. The van der Waals surface area contributed by atoms with Gasteiger partial charge in [-0.05, 0) is 48.7 Å². The highest BCUT2D eigenvalue weighted by Crippen LogP contribution is 2.39. The van der Waals surface area contributed by atoms with Crippen LogP contribution in [-0.2, 0) is 18.4 Å². The zero-order valence-corrected chi connectivity index (χ0v) is 22.6. The van der Waals surface area contributed by atoms with Crippen molar-refractivity contribution in [2.24, 2.45) is 7.05 Å². The molecule has 1 saturated heterocycles. The van der Waals surface area contributed by atoms with Crippen molar-refractivity contribution >= 4 is 46.1 Å². The third-order valence-electron chi connectivity index (χ3n) is 6.39. The summed E-state index contributed by atoms with van der Waals surface area (Å²) in [5.41, 5.74) is 2.69. The second kappa shape index (κ2) is 11.0. The summed E-state index contributed by atoms with van der Waals surface area (Å²) in [7, 11) is 3.22. The number of hydrogen-bond acceptors (Lipinski definition) is 7. The number of hydrogen-bond donors (Lipinski definition) is 1.